The third-order valence-electron chi connectivity index (χ3n) is 5.31. The Morgan fingerprint density at radius 2 is 1.81 bits per heavy atom. The number of hydrogen-bond acceptors (Lipinski definition) is 5. The Hall–Kier alpha value is -4.01. The minimum absolute atomic E-state index is 0.0269. The molecule has 3 aromatic rings. The topological polar surface area (TPSA) is 115 Å². The first-order chi connectivity index (χ1) is 15.0. The molecule has 1 aliphatic heterocycles. The van der Waals surface area contributed by atoms with Crippen LogP contribution in [0.1, 0.15) is 33.6 Å². The molecular formula is C22H20N4O5. The van der Waals surface area contributed by atoms with Gasteiger partial charge in [-0.3, -0.25) is 29.4 Å². The van der Waals surface area contributed by atoms with E-state index in [1.165, 1.54) is 18.2 Å². The largest absolute Gasteiger partial charge is 0.354 e. The zero-order valence-corrected chi connectivity index (χ0v) is 16.6. The number of carbonyl (C=O) groups is 3. The summed E-state index contributed by atoms with van der Waals surface area (Å²) >= 11 is 0. The van der Waals surface area contributed by atoms with Gasteiger partial charge in [0.25, 0.3) is 17.5 Å². The van der Waals surface area contributed by atoms with Crippen molar-refractivity contribution in [2.45, 2.75) is 19.4 Å². The Bertz CT molecular complexity index is 1200. The van der Waals surface area contributed by atoms with Crippen LogP contribution in [0.15, 0.2) is 54.7 Å². The molecule has 0 radical (unpaired) electrons. The number of imide groups is 1. The van der Waals surface area contributed by atoms with Crippen LogP contribution in [0.5, 0.6) is 0 Å². The van der Waals surface area contributed by atoms with Gasteiger partial charge in [0.05, 0.1) is 10.5 Å². The predicted octanol–water partition coefficient (Wildman–Crippen LogP) is 2.74. The highest BCUT2D eigenvalue weighted by atomic mass is 16.6. The van der Waals surface area contributed by atoms with Crippen molar-refractivity contribution in [2.24, 2.45) is 0 Å². The third kappa shape index (κ3) is 3.89. The smallest absolute Gasteiger partial charge is 0.282 e. The summed E-state index contributed by atoms with van der Waals surface area (Å²) < 4.78 is 2.06. The summed E-state index contributed by atoms with van der Waals surface area (Å²) in [5, 5.41) is 15.1. The minimum atomic E-state index is -0.688. The number of rotatable bonds is 8. The average molecular weight is 420 g/mol. The number of aromatic nitrogens is 1. The molecule has 2 heterocycles. The van der Waals surface area contributed by atoms with Crippen LogP contribution in [0.25, 0.3) is 10.9 Å². The van der Waals surface area contributed by atoms with Gasteiger partial charge in [-0.1, -0.05) is 24.3 Å². The van der Waals surface area contributed by atoms with Crippen molar-refractivity contribution in [1.82, 2.24) is 14.8 Å². The summed E-state index contributed by atoms with van der Waals surface area (Å²) in [5.74, 6) is -1.44. The molecule has 158 valence electrons. The molecule has 9 nitrogen and oxygen atoms in total. The van der Waals surface area contributed by atoms with E-state index < -0.39 is 16.7 Å². The van der Waals surface area contributed by atoms with E-state index in [9.17, 15) is 24.5 Å². The van der Waals surface area contributed by atoms with Gasteiger partial charge in [-0.25, -0.2) is 0 Å². The molecule has 0 fully saturated rings. The Kier molecular flexibility index (Phi) is 5.48. The van der Waals surface area contributed by atoms with E-state index in [-0.39, 0.29) is 42.1 Å². The van der Waals surface area contributed by atoms with E-state index in [4.69, 9.17) is 0 Å². The number of amides is 3. The van der Waals surface area contributed by atoms with Gasteiger partial charge in [0, 0.05) is 43.8 Å². The summed E-state index contributed by atoms with van der Waals surface area (Å²) in [4.78, 5) is 48.5. The van der Waals surface area contributed by atoms with Gasteiger partial charge in [0.15, 0.2) is 0 Å². The lowest BCUT2D eigenvalue weighted by Gasteiger charge is -2.13. The quantitative estimate of drug-likeness (QED) is 0.342. The van der Waals surface area contributed by atoms with Gasteiger partial charge >= 0.3 is 0 Å². The number of nitro benzene ring substituents is 1. The summed E-state index contributed by atoms with van der Waals surface area (Å²) in [5.41, 5.74) is 0.564. The Labute approximate surface area is 177 Å². The zero-order chi connectivity index (χ0) is 22.0. The number of carbonyl (C=O) groups excluding carboxylic acids is 3. The van der Waals surface area contributed by atoms with E-state index in [0.29, 0.717) is 13.1 Å². The van der Waals surface area contributed by atoms with Gasteiger partial charge < -0.3 is 9.88 Å². The molecule has 1 aliphatic rings. The summed E-state index contributed by atoms with van der Waals surface area (Å²) in [6, 6.07) is 14.0. The Balaban J connectivity index is 1.27. The maximum atomic E-state index is 12.5. The SMILES string of the molecule is O=C(CCCN1C(=O)c2cccc([N+](=O)[O-])c2C1=O)NCCn1ccc2ccccc21. The highest BCUT2D eigenvalue weighted by Crippen LogP contribution is 2.30. The van der Waals surface area contributed by atoms with Crippen LogP contribution in [0, 0.1) is 10.1 Å². The molecule has 0 aliphatic carbocycles. The van der Waals surface area contributed by atoms with E-state index in [2.05, 4.69) is 9.88 Å². The number of fused-ring (bicyclic) bond motifs is 2. The highest BCUT2D eigenvalue weighted by molar-refractivity contribution is 6.23. The molecule has 0 unspecified atom stereocenters. The van der Waals surface area contributed by atoms with Crippen molar-refractivity contribution in [2.75, 3.05) is 13.1 Å². The molecule has 0 saturated carbocycles. The molecular weight excluding hydrogens is 400 g/mol. The lowest BCUT2D eigenvalue weighted by Crippen LogP contribution is -2.32. The van der Waals surface area contributed by atoms with E-state index in [0.717, 1.165) is 15.8 Å². The molecule has 1 N–H and O–H groups in total. The van der Waals surface area contributed by atoms with Crippen LogP contribution in [0.4, 0.5) is 5.69 Å². The fraction of sp³-hybridized carbons (Fsp3) is 0.227. The molecule has 0 bridgehead atoms. The monoisotopic (exact) mass is 420 g/mol. The molecule has 9 heteroatoms. The minimum Gasteiger partial charge on any atom is -0.354 e. The van der Waals surface area contributed by atoms with Crippen molar-refractivity contribution >= 4 is 34.3 Å². The van der Waals surface area contributed by atoms with Crippen LogP contribution >= 0.6 is 0 Å². The van der Waals surface area contributed by atoms with Gasteiger partial charge in [0.1, 0.15) is 5.56 Å². The number of hydrogen-bond donors (Lipinski definition) is 1. The molecule has 0 spiro atoms. The van der Waals surface area contributed by atoms with Gasteiger partial charge in [-0.05, 0) is 30.0 Å². The first-order valence-corrected chi connectivity index (χ1v) is 9.91. The van der Waals surface area contributed by atoms with Crippen molar-refractivity contribution in [3.8, 4) is 0 Å². The van der Waals surface area contributed by atoms with Crippen molar-refractivity contribution in [1.29, 1.82) is 0 Å². The van der Waals surface area contributed by atoms with Crippen LogP contribution < -0.4 is 5.32 Å². The third-order valence-corrected chi connectivity index (χ3v) is 5.31. The number of nitrogens with one attached hydrogen (secondary N) is 1. The van der Waals surface area contributed by atoms with Crippen molar-refractivity contribution in [3.63, 3.8) is 0 Å². The first-order valence-electron chi connectivity index (χ1n) is 9.91. The summed E-state index contributed by atoms with van der Waals surface area (Å²) in [6.07, 6.45) is 2.39. The van der Waals surface area contributed by atoms with Crippen molar-refractivity contribution < 1.29 is 19.3 Å². The van der Waals surface area contributed by atoms with Crippen LogP contribution in [-0.4, -0.2) is 45.2 Å². The van der Waals surface area contributed by atoms with Crippen molar-refractivity contribution in [3.05, 3.63) is 76.0 Å². The second-order valence-electron chi connectivity index (χ2n) is 7.24. The van der Waals surface area contributed by atoms with Crippen LogP contribution in [-0.2, 0) is 11.3 Å². The maximum Gasteiger partial charge on any atom is 0.282 e. The second kappa shape index (κ2) is 8.39. The number of para-hydroxylation sites is 1. The number of nitrogens with zero attached hydrogens (tertiary/aromatic N) is 3. The molecule has 3 amide bonds. The lowest BCUT2D eigenvalue weighted by atomic mass is 10.1. The molecule has 1 aromatic heterocycles. The van der Waals surface area contributed by atoms with Gasteiger partial charge in [-0.2, -0.15) is 0 Å². The summed E-state index contributed by atoms with van der Waals surface area (Å²) in [6.45, 7) is 1.11. The van der Waals surface area contributed by atoms with Crippen LogP contribution in [0.2, 0.25) is 0 Å². The molecule has 0 saturated heterocycles. The second-order valence-corrected chi connectivity index (χ2v) is 7.24. The number of benzene rings is 2. The van der Waals surface area contributed by atoms with Crippen LogP contribution in [0.3, 0.4) is 0 Å². The van der Waals surface area contributed by atoms with E-state index >= 15 is 0 Å². The zero-order valence-electron chi connectivity index (χ0n) is 16.6. The maximum absolute atomic E-state index is 12.5. The standard InChI is InChI=1S/C22H20N4O5/c27-19(23-11-14-24-13-10-15-5-1-2-7-17(15)24)9-4-12-25-21(28)16-6-3-8-18(26(30)31)20(16)22(25)29/h1-3,5-8,10,13H,4,9,11-12,14H2,(H,23,27). The molecule has 31 heavy (non-hydrogen) atoms. The van der Waals surface area contributed by atoms with Gasteiger partial charge in [-0.15, -0.1) is 0 Å². The summed E-state index contributed by atoms with van der Waals surface area (Å²) in [7, 11) is 0. The Morgan fingerprint density at radius 1 is 1.00 bits per heavy atom. The average Bonchev–Trinajstić information content (AvgIpc) is 3.28. The molecule has 0 atom stereocenters. The first kappa shape index (κ1) is 20.3. The molecule has 4 rings (SSSR count). The van der Waals surface area contributed by atoms with E-state index in [1.54, 1.807) is 0 Å². The lowest BCUT2D eigenvalue weighted by molar-refractivity contribution is -0.385. The molecule has 2 aromatic carbocycles. The normalized spacial score (nSPS) is 13.0. The fourth-order valence-corrected chi connectivity index (χ4v) is 3.81. The number of nitro groups is 1. The Morgan fingerprint density at radius 3 is 2.61 bits per heavy atom. The predicted molar refractivity (Wildman–Crippen MR) is 113 cm³/mol. The van der Waals surface area contributed by atoms with Gasteiger partial charge in [0.2, 0.25) is 5.91 Å². The fourth-order valence-electron chi connectivity index (χ4n) is 3.81. The highest BCUT2D eigenvalue weighted by Gasteiger charge is 2.40. The van der Waals surface area contributed by atoms with E-state index in [1.807, 2.05) is 36.5 Å².